The number of methoxy groups -OCH3 is 1. The van der Waals surface area contributed by atoms with Crippen LogP contribution in [0.2, 0.25) is 0 Å². The van der Waals surface area contributed by atoms with Gasteiger partial charge in [0.2, 0.25) is 5.91 Å². The van der Waals surface area contributed by atoms with E-state index >= 15 is 0 Å². The Balaban J connectivity index is 1.85. The summed E-state index contributed by atoms with van der Waals surface area (Å²) in [6.07, 6.45) is 0.550. The number of hydrogen-bond donors (Lipinski definition) is 2. The molecule has 0 aliphatic rings. The zero-order chi connectivity index (χ0) is 19.6. The first kappa shape index (κ1) is 20.8. The second kappa shape index (κ2) is 10.6. The van der Waals surface area contributed by atoms with Crippen molar-refractivity contribution < 1.29 is 19.4 Å². The topological polar surface area (TPSA) is 75.6 Å². The molecule has 6 heteroatoms. The van der Waals surface area contributed by atoms with E-state index in [1.165, 1.54) is 0 Å². The van der Waals surface area contributed by atoms with E-state index in [1.54, 1.807) is 18.9 Å². The Morgan fingerprint density at radius 3 is 2.59 bits per heavy atom. The summed E-state index contributed by atoms with van der Waals surface area (Å²) < 4.78 is 5.16. The highest BCUT2D eigenvalue weighted by Crippen LogP contribution is 2.23. The summed E-state index contributed by atoms with van der Waals surface area (Å²) in [5.74, 6) is 1.38. The molecule has 2 aromatic carbocycles. The van der Waals surface area contributed by atoms with Gasteiger partial charge in [0.15, 0.2) is 0 Å². The number of ether oxygens (including phenoxy) is 1. The predicted molar refractivity (Wildman–Crippen MR) is 110 cm³/mol. The van der Waals surface area contributed by atoms with Gasteiger partial charge in [-0.05, 0) is 41.3 Å². The number of carbonyl (C=O) groups is 2. The molecule has 144 valence electrons. The quantitative estimate of drug-likeness (QED) is 0.586. The minimum absolute atomic E-state index is 0.0333. The van der Waals surface area contributed by atoms with Crippen molar-refractivity contribution in [3.8, 4) is 5.75 Å². The first-order valence-corrected chi connectivity index (χ1v) is 9.95. The van der Waals surface area contributed by atoms with Crippen LogP contribution in [0.5, 0.6) is 5.75 Å². The third-order valence-electron chi connectivity index (χ3n) is 4.12. The first-order chi connectivity index (χ1) is 13.0. The molecule has 1 atom stereocenters. The molecule has 0 aliphatic carbocycles. The lowest BCUT2D eigenvalue weighted by molar-refractivity contribution is -0.136. The number of benzene rings is 2. The van der Waals surface area contributed by atoms with Gasteiger partial charge in [0, 0.05) is 23.6 Å². The lowest BCUT2D eigenvalue weighted by Gasteiger charge is -2.13. The number of carboxylic acid groups (broad SMARTS) is 1. The van der Waals surface area contributed by atoms with Gasteiger partial charge in [0.25, 0.3) is 0 Å². The predicted octanol–water partition coefficient (Wildman–Crippen LogP) is 4.54. The first-order valence-electron chi connectivity index (χ1n) is 8.80. The number of anilines is 1. The van der Waals surface area contributed by atoms with Crippen LogP contribution >= 0.6 is 11.8 Å². The number of rotatable bonds is 10. The second-order valence-electron chi connectivity index (χ2n) is 6.32. The molecule has 0 heterocycles. The van der Waals surface area contributed by atoms with E-state index < -0.39 is 5.97 Å². The maximum absolute atomic E-state index is 12.4. The van der Waals surface area contributed by atoms with Crippen molar-refractivity contribution >= 4 is 29.3 Å². The van der Waals surface area contributed by atoms with Crippen molar-refractivity contribution in [2.24, 2.45) is 0 Å². The van der Waals surface area contributed by atoms with Crippen molar-refractivity contribution in [1.29, 1.82) is 0 Å². The summed E-state index contributed by atoms with van der Waals surface area (Å²) in [6, 6.07) is 15.4. The molecule has 5 nitrogen and oxygen atoms in total. The number of thioether (sulfide) groups is 1. The van der Waals surface area contributed by atoms with Crippen LogP contribution in [0.25, 0.3) is 0 Å². The molecule has 2 aromatic rings. The maximum Gasteiger partial charge on any atom is 0.304 e. The zero-order valence-electron chi connectivity index (χ0n) is 15.6. The van der Waals surface area contributed by atoms with Crippen LogP contribution in [0, 0.1) is 0 Å². The van der Waals surface area contributed by atoms with Crippen molar-refractivity contribution in [2.75, 3.05) is 18.2 Å². The van der Waals surface area contributed by atoms with Crippen molar-refractivity contribution in [1.82, 2.24) is 0 Å². The minimum atomic E-state index is -0.783. The van der Waals surface area contributed by atoms with E-state index in [0.717, 1.165) is 28.3 Å². The van der Waals surface area contributed by atoms with Gasteiger partial charge in [-0.1, -0.05) is 31.2 Å². The van der Waals surface area contributed by atoms with Crippen LogP contribution in [-0.2, 0) is 15.3 Å². The van der Waals surface area contributed by atoms with Crippen LogP contribution in [0.3, 0.4) is 0 Å². The molecule has 0 saturated heterocycles. The van der Waals surface area contributed by atoms with Gasteiger partial charge < -0.3 is 15.2 Å². The summed E-state index contributed by atoms with van der Waals surface area (Å²) in [6.45, 7) is 2.02. The molecule has 1 unspecified atom stereocenters. The smallest absolute Gasteiger partial charge is 0.304 e. The third-order valence-corrected chi connectivity index (χ3v) is 5.15. The molecular formula is C21H25NO4S. The maximum atomic E-state index is 12.4. The highest BCUT2D eigenvalue weighted by molar-refractivity contribution is 7.98. The Morgan fingerprint density at radius 2 is 1.93 bits per heavy atom. The molecule has 1 amide bonds. The molecule has 2 N–H and O–H groups in total. The van der Waals surface area contributed by atoms with Gasteiger partial charge in [-0.3, -0.25) is 9.59 Å². The lowest BCUT2D eigenvalue weighted by Crippen LogP contribution is -2.14. The molecule has 0 saturated carbocycles. The molecule has 0 aliphatic heterocycles. The summed E-state index contributed by atoms with van der Waals surface area (Å²) in [5.41, 5.74) is 2.92. The molecule has 0 spiro atoms. The van der Waals surface area contributed by atoms with E-state index in [4.69, 9.17) is 9.84 Å². The summed E-state index contributed by atoms with van der Waals surface area (Å²) >= 11 is 1.57. The standard InChI is InChI=1S/C21H25NO4S/c1-15(17-6-8-19(26-2)9-7-17)12-20(23)22-18-5-3-4-16(13-18)14-27-11-10-21(24)25/h3-9,13,15H,10-12,14H2,1-2H3,(H,22,23)(H,24,25). The minimum Gasteiger partial charge on any atom is -0.497 e. The highest BCUT2D eigenvalue weighted by atomic mass is 32.2. The van der Waals surface area contributed by atoms with Gasteiger partial charge in [-0.25, -0.2) is 0 Å². The zero-order valence-corrected chi connectivity index (χ0v) is 16.4. The van der Waals surface area contributed by atoms with Crippen LogP contribution in [0.1, 0.15) is 36.8 Å². The summed E-state index contributed by atoms with van der Waals surface area (Å²) in [7, 11) is 1.63. The van der Waals surface area contributed by atoms with Gasteiger partial charge in [0.05, 0.1) is 13.5 Å². The molecule has 0 aromatic heterocycles. The largest absolute Gasteiger partial charge is 0.497 e. The van der Waals surface area contributed by atoms with E-state index in [2.05, 4.69) is 5.32 Å². The fourth-order valence-electron chi connectivity index (χ4n) is 2.63. The molecule has 27 heavy (non-hydrogen) atoms. The van der Waals surface area contributed by atoms with Crippen LogP contribution in [-0.4, -0.2) is 29.8 Å². The van der Waals surface area contributed by atoms with Crippen LogP contribution in [0.15, 0.2) is 48.5 Å². The Hall–Kier alpha value is -2.47. The number of aliphatic carboxylic acids is 1. The van der Waals surface area contributed by atoms with E-state index in [1.807, 2.05) is 55.5 Å². The van der Waals surface area contributed by atoms with Crippen LogP contribution in [0.4, 0.5) is 5.69 Å². The Labute approximate surface area is 164 Å². The SMILES string of the molecule is COc1ccc(C(C)CC(=O)Nc2cccc(CSCCC(=O)O)c2)cc1. The summed E-state index contributed by atoms with van der Waals surface area (Å²) in [4.78, 5) is 22.9. The van der Waals surface area contributed by atoms with Crippen molar-refractivity contribution in [3.05, 3.63) is 59.7 Å². The number of hydrogen-bond acceptors (Lipinski definition) is 4. The summed E-state index contributed by atoms with van der Waals surface area (Å²) in [5, 5.41) is 11.6. The monoisotopic (exact) mass is 387 g/mol. The van der Waals surface area contributed by atoms with Crippen molar-refractivity contribution in [3.63, 3.8) is 0 Å². The van der Waals surface area contributed by atoms with E-state index in [0.29, 0.717) is 12.2 Å². The Kier molecular flexibility index (Phi) is 8.20. The molecule has 0 fully saturated rings. The molecule has 0 radical (unpaired) electrons. The molecule has 2 rings (SSSR count). The lowest BCUT2D eigenvalue weighted by atomic mass is 9.97. The molecular weight excluding hydrogens is 362 g/mol. The Bertz CT molecular complexity index is 761. The van der Waals surface area contributed by atoms with Gasteiger partial charge in [-0.2, -0.15) is 11.8 Å². The fourth-order valence-corrected chi connectivity index (χ4v) is 3.51. The number of amides is 1. The van der Waals surface area contributed by atoms with Gasteiger partial charge in [0.1, 0.15) is 5.75 Å². The van der Waals surface area contributed by atoms with Crippen molar-refractivity contribution in [2.45, 2.75) is 31.4 Å². The van der Waals surface area contributed by atoms with Crippen LogP contribution < -0.4 is 10.1 Å². The van der Waals surface area contributed by atoms with E-state index in [-0.39, 0.29) is 18.2 Å². The molecule has 0 bridgehead atoms. The second-order valence-corrected chi connectivity index (χ2v) is 7.43. The van der Waals surface area contributed by atoms with Gasteiger partial charge >= 0.3 is 5.97 Å². The number of nitrogens with one attached hydrogen (secondary N) is 1. The number of carboxylic acids is 1. The normalized spacial score (nSPS) is 11.6. The van der Waals surface area contributed by atoms with E-state index in [9.17, 15) is 9.59 Å². The van der Waals surface area contributed by atoms with Gasteiger partial charge in [-0.15, -0.1) is 0 Å². The third kappa shape index (κ3) is 7.35. The number of carbonyl (C=O) groups excluding carboxylic acids is 1. The average molecular weight is 388 g/mol. The highest BCUT2D eigenvalue weighted by Gasteiger charge is 2.12. The fraction of sp³-hybridized carbons (Fsp3) is 0.333. The average Bonchev–Trinajstić information content (AvgIpc) is 2.65. The Morgan fingerprint density at radius 1 is 1.19 bits per heavy atom.